The van der Waals surface area contributed by atoms with Crippen molar-refractivity contribution in [2.24, 2.45) is 0 Å². The van der Waals surface area contributed by atoms with Crippen molar-refractivity contribution in [3.05, 3.63) is 46.5 Å². The van der Waals surface area contributed by atoms with Gasteiger partial charge in [0.15, 0.2) is 5.82 Å². The number of hydrogen-bond acceptors (Lipinski definition) is 5. The first kappa shape index (κ1) is 15.2. The minimum atomic E-state index is -0.101. The van der Waals surface area contributed by atoms with Crippen molar-refractivity contribution in [1.82, 2.24) is 25.2 Å². The van der Waals surface area contributed by atoms with Crippen molar-refractivity contribution in [3.8, 4) is 5.75 Å². The Morgan fingerprint density at radius 1 is 1.26 bits per heavy atom. The Labute approximate surface area is 133 Å². The molecule has 7 heteroatoms. The van der Waals surface area contributed by atoms with E-state index in [4.69, 9.17) is 4.74 Å². The van der Waals surface area contributed by atoms with Crippen LogP contribution in [0.15, 0.2) is 35.1 Å². The predicted molar refractivity (Wildman–Crippen MR) is 86.5 cm³/mol. The number of ether oxygens (including phenoxy) is 1. The fraction of sp³-hybridized carbons (Fsp3) is 0.375. The monoisotopic (exact) mass is 313 g/mol. The maximum Gasteiger partial charge on any atom is 0.248 e. The van der Waals surface area contributed by atoms with Crippen LogP contribution in [0.5, 0.6) is 5.75 Å². The predicted octanol–water partition coefficient (Wildman–Crippen LogP) is 1.94. The van der Waals surface area contributed by atoms with E-state index < -0.39 is 0 Å². The molecule has 0 fully saturated rings. The average molecular weight is 313 g/mol. The summed E-state index contributed by atoms with van der Waals surface area (Å²) in [6.07, 6.45) is 2.63. The van der Waals surface area contributed by atoms with Crippen molar-refractivity contribution in [2.75, 3.05) is 6.61 Å². The van der Waals surface area contributed by atoms with Gasteiger partial charge in [-0.1, -0.05) is 6.92 Å². The van der Waals surface area contributed by atoms with Gasteiger partial charge in [0.1, 0.15) is 5.75 Å². The molecule has 3 rings (SSSR count). The molecule has 3 aromatic rings. The zero-order valence-electron chi connectivity index (χ0n) is 13.0. The number of benzene rings is 1. The summed E-state index contributed by atoms with van der Waals surface area (Å²) in [6, 6.07) is 8.94. The summed E-state index contributed by atoms with van der Waals surface area (Å²) in [5.74, 6) is 1.68. The van der Waals surface area contributed by atoms with E-state index in [0.29, 0.717) is 6.61 Å². The molecule has 1 N–H and O–H groups in total. The quantitative estimate of drug-likeness (QED) is 0.674. The average Bonchev–Trinajstić information content (AvgIpc) is 2.99. The molecule has 0 aliphatic rings. The second-order valence-electron chi connectivity index (χ2n) is 5.34. The Morgan fingerprint density at radius 2 is 2.17 bits per heavy atom. The molecule has 120 valence electrons. The molecule has 0 amide bonds. The molecule has 0 atom stereocenters. The Kier molecular flexibility index (Phi) is 4.65. The van der Waals surface area contributed by atoms with Gasteiger partial charge in [0.05, 0.1) is 6.61 Å². The lowest BCUT2D eigenvalue weighted by atomic mass is 10.2. The van der Waals surface area contributed by atoms with Crippen molar-refractivity contribution in [2.45, 2.75) is 32.7 Å². The van der Waals surface area contributed by atoms with Crippen molar-refractivity contribution < 1.29 is 4.74 Å². The summed E-state index contributed by atoms with van der Waals surface area (Å²) in [5, 5.41) is 12.7. The lowest BCUT2D eigenvalue weighted by Gasteiger charge is -2.07. The SMILES string of the molecule is CCCn1nnnc1CCCOc1ccc2[nH]c(=O)ccc2c1. The third kappa shape index (κ3) is 3.74. The highest BCUT2D eigenvalue weighted by atomic mass is 16.5. The molecule has 23 heavy (non-hydrogen) atoms. The first-order valence-electron chi connectivity index (χ1n) is 7.77. The van der Waals surface area contributed by atoms with E-state index in [2.05, 4.69) is 27.4 Å². The van der Waals surface area contributed by atoms with Crippen LogP contribution in [-0.2, 0) is 13.0 Å². The highest BCUT2D eigenvalue weighted by molar-refractivity contribution is 5.79. The van der Waals surface area contributed by atoms with E-state index in [0.717, 1.165) is 48.3 Å². The molecule has 2 heterocycles. The number of aromatic amines is 1. The Balaban J connectivity index is 1.55. The summed E-state index contributed by atoms with van der Waals surface area (Å²) >= 11 is 0. The van der Waals surface area contributed by atoms with E-state index in [1.165, 1.54) is 6.07 Å². The third-order valence-corrected chi connectivity index (χ3v) is 3.55. The molecule has 0 saturated carbocycles. The highest BCUT2D eigenvalue weighted by Gasteiger charge is 2.05. The van der Waals surface area contributed by atoms with Gasteiger partial charge in [-0.25, -0.2) is 4.68 Å². The maximum absolute atomic E-state index is 11.3. The standard InChI is InChI=1S/C16H19N5O2/c1-2-9-21-15(18-19-20-21)4-3-10-23-13-6-7-14-12(11-13)5-8-16(22)17-14/h5-8,11H,2-4,9-10H2,1H3,(H,17,22). The number of tetrazole rings is 1. The van der Waals surface area contributed by atoms with Crippen LogP contribution in [-0.4, -0.2) is 31.8 Å². The van der Waals surface area contributed by atoms with Gasteiger partial charge < -0.3 is 9.72 Å². The summed E-state index contributed by atoms with van der Waals surface area (Å²) in [7, 11) is 0. The fourth-order valence-corrected chi connectivity index (χ4v) is 2.43. The van der Waals surface area contributed by atoms with Gasteiger partial charge in [0.25, 0.3) is 0 Å². The lowest BCUT2D eigenvalue weighted by Crippen LogP contribution is -2.07. The molecular weight excluding hydrogens is 294 g/mol. The van der Waals surface area contributed by atoms with E-state index in [1.54, 1.807) is 6.07 Å². The van der Waals surface area contributed by atoms with Gasteiger partial charge in [-0.3, -0.25) is 4.79 Å². The molecule has 0 spiro atoms. The summed E-state index contributed by atoms with van der Waals surface area (Å²) in [5.41, 5.74) is 0.708. The highest BCUT2D eigenvalue weighted by Crippen LogP contribution is 2.18. The van der Waals surface area contributed by atoms with Crippen LogP contribution in [0.1, 0.15) is 25.6 Å². The number of nitrogens with one attached hydrogen (secondary N) is 1. The molecule has 7 nitrogen and oxygen atoms in total. The van der Waals surface area contributed by atoms with Crippen LogP contribution in [0, 0.1) is 0 Å². The fourth-order valence-electron chi connectivity index (χ4n) is 2.43. The van der Waals surface area contributed by atoms with E-state index in [1.807, 2.05) is 22.9 Å². The van der Waals surface area contributed by atoms with Crippen molar-refractivity contribution >= 4 is 10.9 Å². The van der Waals surface area contributed by atoms with E-state index in [9.17, 15) is 4.79 Å². The largest absolute Gasteiger partial charge is 0.494 e. The number of hydrogen-bond donors (Lipinski definition) is 1. The Hall–Kier alpha value is -2.70. The van der Waals surface area contributed by atoms with Crippen LogP contribution >= 0.6 is 0 Å². The van der Waals surface area contributed by atoms with Gasteiger partial charge in [-0.15, -0.1) is 5.10 Å². The molecule has 0 saturated heterocycles. The molecule has 2 aromatic heterocycles. The first-order chi connectivity index (χ1) is 11.3. The molecular formula is C16H19N5O2. The van der Waals surface area contributed by atoms with Crippen molar-refractivity contribution in [1.29, 1.82) is 0 Å². The zero-order valence-corrected chi connectivity index (χ0v) is 13.0. The van der Waals surface area contributed by atoms with Gasteiger partial charge >= 0.3 is 0 Å². The van der Waals surface area contributed by atoms with Crippen LogP contribution in [0.2, 0.25) is 0 Å². The summed E-state index contributed by atoms with van der Waals surface area (Å²) in [6.45, 7) is 3.53. The zero-order chi connectivity index (χ0) is 16.1. The minimum absolute atomic E-state index is 0.101. The van der Waals surface area contributed by atoms with Gasteiger partial charge in [-0.05, 0) is 47.5 Å². The Morgan fingerprint density at radius 3 is 3.04 bits per heavy atom. The van der Waals surface area contributed by atoms with Gasteiger partial charge in [-0.2, -0.15) is 0 Å². The molecule has 0 unspecified atom stereocenters. The van der Waals surface area contributed by atoms with Crippen molar-refractivity contribution in [3.63, 3.8) is 0 Å². The normalized spacial score (nSPS) is 11.0. The number of aryl methyl sites for hydroxylation is 2. The molecule has 0 bridgehead atoms. The van der Waals surface area contributed by atoms with E-state index >= 15 is 0 Å². The second kappa shape index (κ2) is 7.04. The minimum Gasteiger partial charge on any atom is -0.494 e. The van der Waals surface area contributed by atoms with Gasteiger partial charge in [0, 0.05) is 29.9 Å². The molecule has 0 aliphatic carbocycles. The number of aromatic nitrogens is 5. The second-order valence-corrected chi connectivity index (χ2v) is 5.34. The summed E-state index contributed by atoms with van der Waals surface area (Å²) in [4.78, 5) is 14.0. The molecule has 0 radical (unpaired) electrons. The summed E-state index contributed by atoms with van der Waals surface area (Å²) < 4.78 is 7.61. The number of pyridine rings is 1. The van der Waals surface area contributed by atoms with Crippen LogP contribution in [0.25, 0.3) is 10.9 Å². The molecule has 1 aromatic carbocycles. The maximum atomic E-state index is 11.3. The lowest BCUT2D eigenvalue weighted by molar-refractivity contribution is 0.309. The van der Waals surface area contributed by atoms with Crippen LogP contribution in [0.4, 0.5) is 0 Å². The van der Waals surface area contributed by atoms with Crippen LogP contribution in [0.3, 0.4) is 0 Å². The number of fused-ring (bicyclic) bond motifs is 1. The van der Waals surface area contributed by atoms with Gasteiger partial charge in [0.2, 0.25) is 5.56 Å². The number of H-pyrrole nitrogens is 1. The molecule has 0 aliphatic heterocycles. The topological polar surface area (TPSA) is 85.7 Å². The smallest absolute Gasteiger partial charge is 0.248 e. The number of rotatable bonds is 7. The van der Waals surface area contributed by atoms with Crippen LogP contribution < -0.4 is 10.3 Å². The van der Waals surface area contributed by atoms with E-state index in [-0.39, 0.29) is 5.56 Å². The first-order valence-corrected chi connectivity index (χ1v) is 7.77. The Bertz CT molecular complexity index is 840. The number of nitrogens with zero attached hydrogens (tertiary/aromatic N) is 4. The third-order valence-electron chi connectivity index (χ3n) is 3.55.